The van der Waals surface area contributed by atoms with E-state index in [0.717, 1.165) is 5.56 Å². The third kappa shape index (κ3) is 2.08. The number of carboxylic acids is 1. The van der Waals surface area contributed by atoms with Crippen LogP contribution >= 0.6 is 0 Å². The highest BCUT2D eigenvalue weighted by atomic mass is 16.5. The second-order valence-corrected chi connectivity index (χ2v) is 3.55. The minimum absolute atomic E-state index is 0.0721. The molecule has 2 aromatic rings. The van der Waals surface area contributed by atoms with Crippen molar-refractivity contribution in [1.82, 2.24) is 4.98 Å². The number of H-pyrrole nitrogens is 1. The smallest absolute Gasteiger partial charge is 0.339 e. The van der Waals surface area contributed by atoms with Crippen LogP contribution in [0.15, 0.2) is 30.3 Å². The molecule has 88 valence electrons. The number of carbonyl (C=O) groups is 1. The number of ether oxygens (including phenoxy) is 1. The van der Waals surface area contributed by atoms with Crippen molar-refractivity contribution in [1.29, 1.82) is 0 Å². The Bertz CT molecular complexity index is 561. The van der Waals surface area contributed by atoms with Gasteiger partial charge in [0.15, 0.2) is 0 Å². The Balaban J connectivity index is 2.46. The Labute approximate surface area is 97.8 Å². The maximum Gasteiger partial charge on any atom is 0.339 e. The molecule has 1 aromatic heterocycles. The number of hydrogen-bond donors (Lipinski definition) is 3. The van der Waals surface area contributed by atoms with Gasteiger partial charge in [-0.3, -0.25) is 0 Å². The Kier molecular flexibility index (Phi) is 2.74. The van der Waals surface area contributed by atoms with Gasteiger partial charge >= 0.3 is 5.97 Å². The molecule has 5 heteroatoms. The third-order valence-corrected chi connectivity index (χ3v) is 2.46. The molecular formula is C12H12N2O3. The van der Waals surface area contributed by atoms with Crippen LogP contribution in [0.25, 0.3) is 11.3 Å². The number of methoxy groups -OCH3 is 1. The van der Waals surface area contributed by atoms with Crippen LogP contribution in [0.5, 0.6) is 5.75 Å². The molecule has 5 nitrogen and oxygen atoms in total. The molecular weight excluding hydrogens is 220 g/mol. The molecule has 0 aliphatic heterocycles. The molecule has 2 rings (SSSR count). The number of aromatic carboxylic acids is 1. The van der Waals surface area contributed by atoms with Gasteiger partial charge in [-0.15, -0.1) is 0 Å². The molecule has 17 heavy (non-hydrogen) atoms. The first-order valence-electron chi connectivity index (χ1n) is 4.98. The highest BCUT2D eigenvalue weighted by molar-refractivity contribution is 5.94. The van der Waals surface area contributed by atoms with Gasteiger partial charge in [0.1, 0.15) is 17.1 Å². The largest absolute Gasteiger partial charge is 0.497 e. The second-order valence-electron chi connectivity index (χ2n) is 3.55. The number of benzene rings is 1. The van der Waals surface area contributed by atoms with Gasteiger partial charge in [-0.1, -0.05) is 12.1 Å². The first kappa shape index (κ1) is 11.1. The van der Waals surface area contributed by atoms with Gasteiger partial charge in [-0.25, -0.2) is 4.79 Å². The average molecular weight is 232 g/mol. The van der Waals surface area contributed by atoms with Crippen molar-refractivity contribution in [3.8, 4) is 17.0 Å². The minimum atomic E-state index is -1.05. The lowest BCUT2D eigenvalue weighted by molar-refractivity contribution is 0.0698. The standard InChI is InChI=1S/C12H12N2O3/c1-17-8-4-2-3-7(5-8)10-6-9(12(15)16)11(13)14-10/h2-6,14H,13H2,1H3,(H,15,16). The molecule has 0 aliphatic rings. The molecule has 1 aromatic carbocycles. The van der Waals surface area contributed by atoms with Gasteiger partial charge in [0, 0.05) is 11.3 Å². The van der Waals surface area contributed by atoms with Crippen molar-refractivity contribution >= 4 is 11.8 Å². The Morgan fingerprint density at radius 2 is 2.18 bits per heavy atom. The number of anilines is 1. The van der Waals surface area contributed by atoms with Crippen molar-refractivity contribution < 1.29 is 14.6 Å². The third-order valence-electron chi connectivity index (χ3n) is 2.46. The van der Waals surface area contributed by atoms with Crippen LogP contribution in [0, 0.1) is 0 Å². The molecule has 4 N–H and O–H groups in total. The lowest BCUT2D eigenvalue weighted by Gasteiger charge is -2.02. The number of aromatic nitrogens is 1. The van der Waals surface area contributed by atoms with E-state index in [1.807, 2.05) is 18.2 Å². The van der Waals surface area contributed by atoms with Crippen LogP contribution in [0.2, 0.25) is 0 Å². The van der Waals surface area contributed by atoms with E-state index in [9.17, 15) is 4.79 Å². The normalized spacial score (nSPS) is 10.2. The van der Waals surface area contributed by atoms with E-state index >= 15 is 0 Å². The second kappa shape index (κ2) is 4.21. The first-order chi connectivity index (χ1) is 8.11. The number of nitrogen functional groups attached to an aromatic ring is 1. The molecule has 0 spiro atoms. The van der Waals surface area contributed by atoms with Crippen molar-refractivity contribution in [3.05, 3.63) is 35.9 Å². The van der Waals surface area contributed by atoms with E-state index in [2.05, 4.69) is 4.98 Å². The first-order valence-corrected chi connectivity index (χ1v) is 4.98. The quantitative estimate of drug-likeness (QED) is 0.754. The lowest BCUT2D eigenvalue weighted by Crippen LogP contribution is -1.98. The summed E-state index contributed by atoms with van der Waals surface area (Å²) < 4.78 is 5.10. The van der Waals surface area contributed by atoms with E-state index in [0.29, 0.717) is 11.4 Å². The highest BCUT2D eigenvalue weighted by Crippen LogP contribution is 2.26. The van der Waals surface area contributed by atoms with Crippen molar-refractivity contribution in [2.45, 2.75) is 0 Å². The molecule has 0 saturated heterocycles. The Morgan fingerprint density at radius 1 is 1.41 bits per heavy atom. The predicted molar refractivity (Wildman–Crippen MR) is 64.2 cm³/mol. The molecule has 0 bridgehead atoms. The fourth-order valence-electron chi connectivity index (χ4n) is 1.59. The molecule has 0 unspecified atom stereocenters. The highest BCUT2D eigenvalue weighted by Gasteiger charge is 2.13. The number of nitrogens with one attached hydrogen (secondary N) is 1. The summed E-state index contributed by atoms with van der Waals surface area (Å²) in [5.74, 6) is -0.198. The molecule has 0 fully saturated rings. The molecule has 0 aliphatic carbocycles. The number of carboxylic acid groups (broad SMARTS) is 1. The Hall–Kier alpha value is -2.43. The van der Waals surface area contributed by atoms with Crippen LogP contribution in [0.3, 0.4) is 0 Å². The molecule has 1 heterocycles. The predicted octanol–water partition coefficient (Wildman–Crippen LogP) is 1.97. The zero-order chi connectivity index (χ0) is 12.4. The molecule has 0 atom stereocenters. The monoisotopic (exact) mass is 232 g/mol. The number of hydrogen-bond acceptors (Lipinski definition) is 3. The number of rotatable bonds is 3. The van der Waals surface area contributed by atoms with E-state index in [1.165, 1.54) is 6.07 Å². The maximum absolute atomic E-state index is 10.9. The zero-order valence-corrected chi connectivity index (χ0v) is 9.23. The summed E-state index contributed by atoms with van der Waals surface area (Å²) in [4.78, 5) is 13.7. The Morgan fingerprint density at radius 3 is 2.76 bits per heavy atom. The number of nitrogens with two attached hydrogens (primary N) is 1. The maximum atomic E-state index is 10.9. The van der Waals surface area contributed by atoms with Crippen LogP contribution in [0.4, 0.5) is 5.82 Å². The topological polar surface area (TPSA) is 88.3 Å². The summed E-state index contributed by atoms with van der Waals surface area (Å²) in [6.07, 6.45) is 0. The van der Waals surface area contributed by atoms with Crippen molar-refractivity contribution in [3.63, 3.8) is 0 Å². The fourth-order valence-corrected chi connectivity index (χ4v) is 1.59. The van der Waals surface area contributed by atoms with Gasteiger partial charge in [-0.05, 0) is 18.2 Å². The van der Waals surface area contributed by atoms with E-state index in [4.69, 9.17) is 15.6 Å². The van der Waals surface area contributed by atoms with Crippen LogP contribution in [-0.4, -0.2) is 23.2 Å². The minimum Gasteiger partial charge on any atom is -0.497 e. The van der Waals surface area contributed by atoms with Crippen molar-refractivity contribution in [2.75, 3.05) is 12.8 Å². The summed E-state index contributed by atoms with van der Waals surface area (Å²) in [5.41, 5.74) is 7.13. The van der Waals surface area contributed by atoms with E-state index < -0.39 is 5.97 Å². The lowest BCUT2D eigenvalue weighted by atomic mass is 10.1. The van der Waals surface area contributed by atoms with Gasteiger partial charge in [0.25, 0.3) is 0 Å². The van der Waals surface area contributed by atoms with Crippen LogP contribution in [0.1, 0.15) is 10.4 Å². The van der Waals surface area contributed by atoms with Crippen molar-refractivity contribution in [2.24, 2.45) is 0 Å². The molecule has 0 radical (unpaired) electrons. The summed E-state index contributed by atoms with van der Waals surface area (Å²) in [6.45, 7) is 0. The summed E-state index contributed by atoms with van der Waals surface area (Å²) in [6, 6.07) is 8.79. The van der Waals surface area contributed by atoms with E-state index in [-0.39, 0.29) is 11.4 Å². The SMILES string of the molecule is COc1cccc(-c2cc(C(=O)O)c(N)[nH]2)c1. The van der Waals surface area contributed by atoms with Gasteiger partial charge in [0.2, 0.25) is 0 Å². The van der Waals surface area contributed by atoms with E-state index in [1.54, 1.807) is 13.2 Å². The zero-order valence-electron chi connectivity index (χ0n) is 9.23. The summed E-state index contributed by atoms with van der Waals surface area (Å²) in [5, 5.41) is 8.90. The molecule has 0 amide bonds. The molecule has 0 saturated carbocycles. The van der Waals surface area contributed by atoms with Gasteiger partial charge < -0.3 is 20.6 Å². The van der Waals surface area contributed by atoms with Crippen LogP contribution < -0.4 is 10.5 Å². The summed E-state index contributed by atoms with van der Waals surface area (Å²) >= 11 is 0. The van der Waals surface area contributed by atoms with Gasteiger partial charge in [0.05, 0.1) is 7.11 Å². The fraction of sp³-hybridized carbons (Fsp3) is 0.0833. The average Bonchev–Trinajstić information content (AvgIpc) is 2.71. The van der Waals surface area contributed by atoms with Gasteiger partial charge in [-0.2, -0.15) is 0 Å². The number of aromatic amines is 1. The van der Waals surface area contributed by atoms with Crippen LogP contribution in [-0.2, 0) is 0 Å². The summed E-state index contributed by atoms with van der Waals surface area (Å²) in [7, 11) is 1.57.